The van der Waals surface area contributed by atoms with Crippen molar-refractivity contribution >= 4 is 34.2 Å². The number of ether oxygens (including phenoxy) is 2. The Morgan fingerprint density at radius 3 is 2.54 bits per heavy atom. The van der Waals surface area contributed by atoms with E-state index in [0.29, 0.717) is 41.8 Å². The Hall–Kier alpha value is -3.54. The molecule has 3 saturated heterocycles. The monoisotopic (exact) mass is 653 g/mol. The van der Waals surface area contributed by atoms with Crippen LogP contribution in [0, 0.1) is 17.6 Å². The number of carbonyl (C=O) groups excluding carboxylic acids is 1. The smallest absolute Gasteiger partial charge is 0.350 e. The molecule has 12 heteroatoms. The van der Waals surface area contributed by atoms with Crippen molar-refractivity contribution < 1.29 is 23.0 Å². The quantitative estimate of drug-likeness (QED) is 0.345. The molecule has 2 aromatic carbocycles. The van der Waals surface area contributed by atoms with Crippen LogP contribution < -0.4 is 15.3 Å². The van der Waals surface area contributed by atoms with Gasteiger partial charge in [-0.3, -0.25) is 14.3 Å². The third-order valence-corrected chi connectivity index (χ3v) is 10.5. The molecule has 0 aliphatic carbocycles. The fourth-order valence-corrected chi connectivity index (χ4v) is 7.91. The van der Waals surface area contributed by atoms with E-state index < -0.39 is 17.3 Å². The molecule has 0 saturated carbocycles. The van der Waals surface area contributed by atoms with Crippen molar-refractivity contribution in [1.82, 2.24) is 19.4 Å². The van der Waals surface area contributed by atoms with Crippen molar-refractivity contribution in [2.24, 2.45) is 5.92 Å². The summed E-state index contributed by atoms with van der Waals surface area (Å²) >= 11 is 6.91. The first-order valence-electron chi connectivity index (χ1n) is 16.0. The van der Waals surface area contributed by atoms with Crippen molar-refractivity contribution in [3.8, 4) is 16.9 Å². The van der Waals surface area contributed by atoms with E-state index in [-0.39, 0.29) is 52.5 Å². The van der Waals surface area contributed by atoms with Crippen LogP contribution in [0.5, 0.6) is 5.75 Å². The second-order valence-electron chi connectivity index (χ2n) is 13.1. The molecule has 0 N–H and O–H groups in total. The van der Waals surface area contributed by atoms with E-state index in [1.165, 1.54) is 18.2 Å². The number of benzene rings is 2. The van der Waals surface area contributed by atoms with Gasteiger partial charge in [0.05, 0.1) is 35.8 Å². The number of nitrogens with zero attached hydrogens (tertiary/aromatic N) is 5. The van der Waals surface area contributed by atoms with E-state index >= 15 is 4.39 Å². The molecule has 0 bridgehead atoms. The van der Waals surface area contributed by atoms with Gasteiger partial charge in [0, 0.05) is 47.8 Å². The second-order valence-corrected chi connectivity index (χ2v) is 13.5. The van der Waals surface area contributed by atoms with Gasteiger partial charge in [0.15, 0.2) is 5.75 Å². The zero-order chi connectivity index (χ0) is 32.3. The Morgan fingerprint density at radius 1 is 1.11 bits per heavy atom. The topological polar surface area (TPSA) is 80.1 Å². The van der Waals surface area contributed by atoms with Gasteiger partial charge >= 0.3 is 5.69 Å². The molecule has 7 rings (SSSR count). The lowest BCUT2D eigenvalue weighted by Crippen LogP contribution is -2.58. The predicted octanol–water partition coefficient (Wildman–Crippen LogP) is 5.04. The van der Waals surface area contributed by atoms with Crippen LogP contribution in [-0.4, -0.2) is 89.4 Å². The average molecular weight is 654 g/mol. The first-order chi connectivity index (χ1) is 22.1. The molecule has 46 heavy (non-hydrogen) atoms. The zero-order valence-corrected chi connectivity index (χ0v) is 26.8. The minimum atomic E-state index is -0.777. The van der Waals surface area contributed by atoms with Crippen molar-refractivity contribution in [2.75, 3.05) is 50.9 Å². The summed E-state index contributed by atoms with van der Waals surface area (Å²) in [7, 11) is 0. The van der Waals surface area contributed by atoms with Crippen LogP contribution in [0.3, 0.4) is 0 Å². The molecule has 9 nitrogen and oxygen atoms in total. The van der Waals surface area contributed by atoms with Gasteiger partial charge in [0.1, 0.15) is 24.1 Å². The van der Waals surface area contributed by atoms with Gasteiger partial charge < -0.3 is 19.3 Å². The summed E-state index contributed by atoms with van der Waals surface area (Å²) in [5, 5.41) is 0.811. The summed E-state index contributed by atoms with van der Waals surface area (Å²) in [5.41, 5.74) is 0.445. The van der Waals surface area contributed by atoms with Crippen LogP contribution in [0.25, 0.3) is 22.0 Å². The van der Waals surface area contributed by atoms with Gasteiger partial charge in [-0.1, -0.05) is 18.2 Å². The van der Waals surface area contributed by atoms with Crippen molar-refractivity contribution in [3.05, 3.63) is 64.1 Å². The fraction of sp³-hybridized carbons (Fsp3) is 0.500. The molecule has 244 valence electrons. The standard InChI is InChI=1S/C34H38ClF2N5O4/c1-4-29(43)40-14-20(3)41(15-19(40)2)33-26-13-27(35)30(25-6-5-22(36)12-28(25)37)32-31(26)42(34(44)38-33)23(18-46-32)11-21-7-9-39(10-8-21)24-16-45-17-24/h4-6,12-13,19-21,23-24H,1,7-11,14-18H2,2-3H3/t19-,20+,23-/m1/s1. The lowest BCUT2D eigenvalue weighted by atomic mass is 9.88. The summed E-state index contributed by atoms with van der Waals surface area (Å²) in [5.74, 6) is -0.515. The first kappa shape index (κ1) is 31.1. The normalized spacial score (nSPS) is 24.2. The van der Waals surface area contributed by atoms with Crippen molar-refractivity contribution in [3.63, 3.8) is 0 Å². The zero-order valence-electron chi connectivity index (χ0n) is 26.1. The number of piperazine rings is 1. The van der Waals surface area contributed by atoms with E-state index in [1.54, 1.807) is 15.5 Å². The lowest BCUT2D eigenvalue weighted by molar-refractivity contribution is -0.128. The molecule has 0 unspecified atom stereocenters. The predicted molar refractivity (Wildman–Crippen MR) is 173 cm³/mol. The van der Waals surface area contributed by atoms with Crippen LogP contribution >= 0.6 is 11.6 Å². The second kappa shape index (κ2) is 12.2. The number of amides is 1. The Morgan fingerprint density at radius 2 is 1.87 bits per heavy atom. The van der Waals surface area contributed by atoms with Crippen molar-refractivity contribution in [2.45, 2.75) is 57.3 Å². The van der Waals surface area contributed by atoms with Gasteiger partial charge in [-0.25, -0.2) is 13.6 Å². The molecule has 1 amide bonds. The summed E-state index contributed by atoms with van der Waals surface area (Å²) < 4.78 is 42.7. The highest BCUT2D eigenvalue weighted by molar-refractivity contribution is 6.35. The third kappa shape index (κ3) is 5.36. The van der Waals surface area contributed by atoms with Gasteiger partial charge in [0.25, 0.3) is 0 Å². The number of anilines is 1. The first-order valence-corrected chi connectivity index (χ1v) is 16.4. The van der Waals surface area contributed by atoms with Crippen LogP contribution in [0.1, 0.15) is 39.2 Å². The number of likely N-dealkylation sites (tertiary alicyclic amines) is 1. The molecule has 0 radical (unpaired) electrons. The highest BCUT2D eigenvalue weighted by Gasteiger charge is 2.38. The molecular weight excluding hydrogens is 616 g/mol. The van der Waals surface area contributed by atoms with E-state index in [1.807, 2.05) is 18.7 Å². The summed E-state index contributed by atoms with van der Waals surface area (Å²) in [4.78, 5) is 37.6. The Balaban J connectivity index is 1.32. The summed E-state index contributed by atoms with van der Waals surface area (Å²) in [6.45, 7) is 12.2. The maximum Gasteiger partial charge on any atom is 0.350 e. The number of carbonyl (C=O) groups is 1. The largest absolute Gasteiger partial charge is 0.488 e. The maximum absolute atomic E-state index is 15.2. The molecule has 3 aromatic rings. The number of aromatic nitrogens is 2. The molecule has 3 fully saturated rings. The van der Waals surface area contributed by atoms with E-state index in [0.717, 1.165) is 51.6 Å². The Bertz CT molecular complexity index is 1760. The van der Waals surface area contributed by atoms with Gasteiger partial charge in [-0.15, -0.1) is 0 Å². The van der Waals surface area contributed by atoms with E-state index in [9.17, 15) is 14.0 Å². The molecule has 0 spiro atoms. The number of halogens is 3. The SMILES string of the molecule is C=CC(=O)N1C[C@H](C)N(c2nc(=O)n3c4c(c(-c5ccc(F)cc5F)c(Cl)cc24)OC[C@H]3CC2CCN(C3COC3)CC2)C[C@H]1C. The van der Waals surface area contributed by atoms with Crippen LogP contribution in [0.2, 0.25) is 5.02 Å². The summed E-state index contributed by atoms with van der Waals surface area (Å²) in [6.07, 6.45) is 4.08. The summed E-state index contributed by atoms with van der Waals surface area (Å²) in [6, 6.07) is 4.92. The highest BCUT2D eigenvalue weighted by Crippen LogP contribution is 2.48. The maximum atomic E-state index is 15.2. The number of hydrogen-bond acceptors (Lipinski definition) is 7. The Kier molecular flexibility index (Phi) is 8.27. The number of piperidine rings is 1. The molecule has 5 heterocycles. The van der Waals surface area contributed by atoms with Crippen LogP contribution in [0.4, 0.5) is 14.6 Å². The van der Waals surface area contributed by atoms with Crippen LogP contribution in [0.15, 0.2) is 41.7 Å². The van der Waals surface area contributed by atoms with Crippen LogP contribution in [-0.2, 0) is 9.53 Å². The minimum absolute atomic E-state index is 0.0880. The average Bonchev–Trinajstić information content (AvgIpc) is 3.00. The van der Waals surface area contributed by atoms with Gasteiger partial charge in [-0.2, -0.15) is 4.98 Å². The van der Waals surface area contributed by atoms with Crippen molar-refractivity contribution in [1.29, 1.82) is 0 Å². The molecular formula is C34H38ClF2N5O4. The van der Waals surface area contributed by atoms with Gasteiger partial charge in [0.2, 0.25) is 5.91 Å². The number of rotatable bonds is 6. The van der Waals surface area contributed by atoms with Gasteiger partial charge in [-0.05, 0) is 76.4 Å². The van der Waals surface area contributed by atoms with E-state index in [2.05, 4.69) is 16.5 Å². The fourth-order valence-electron chi connectivity index (χ4n) is 7.61. The number of hydrogen-bond donors (Lipinski definition) is 0. The molecule has 3 atom stereocenters. The lowest BCUT2D eigenvalue weighted by Gasteiger charge is -2.45. The molecule has 4 aliphatic rings. The van der Waals surface area contributed by atoms with E-state index in [4.69, 9.17) is 21.1 Å². The highest BCUT2D eigenvalue weighted by atomic mass is 35.5. The minimum Gasteiger partial charge on any atom is -0.488 e. The third-order valence-electron chi connectivity index (χ3n) is 10.2. The Labute approximate surface area is 271 Å². The molecule has 4 aliphatic heterocycles. The molecule has 1 aromatic heterocycles.